The zero-order valence-corrected chi connectivity index (χ0v) is 16.3. The van der Waals surface area contributed by atoms with Crippen LogP contribution in [0.4, 0.5) is 0 Å². The molecule has 0 spiro atoms. The van der Waals surface area contributed by atoms with E-state index >= 15 is 0 Å². The first-order chi connectivity index (χ1) is 14.0. The molecule has 0 amide bonds. The van der Waals surface area contributed by atoms with Crippen LogP contribution in [0.2, 0.25) is 0 Å². The molecule has 7 nitrogen and oxygen atoms in total. The number of aryl methyl sites for hydroxylation is 2. The predicted octanol–water partition coefficient (Wildman–Crippen LogP) is 3.57. The molecule has 0 fully saturated rings. The van der Waals surface area contributed by atoms with Crippen molar-refractivity contribution in [1.82, 2.24) is 9.38 Å². The molecule has 146 valence electrons. The molecule has 0 bridgehead atoms. The number of ether oxygens (including phenoxy) is 2. The van der Waals surface area contributed by atoms with Crippen molar-refractivity contribution in [3.8, 4) is 17.7 Å². The summed E-state index contributed by atoms with van der Waals surface area (Å²) in [6, 6.07) is 12.6. The molecule has 29 heavy (non-hydrogen) atoms. The summed E-state index contributed by atoms with van der Waals surface area (Å²) in [6.45, 7) is 5.44. The highest BCUT2D eigenvalue weighted by Gasteiger charge is 2.18. The molecule has 7 heteroatoms. The molecule has 3 rings (SSSR count). The Morgan fingerprint density at radius 1 is 1.21 bits per heavy atom. The van der Waals surface area contributed by atoms with Gasteiger partial charge in [-0.25, -0.2) is 4.79 Å². The lowest BCUT2D eigenvalue weighted by atomic mass is 10.1. The molecule has 1 aromatic carbocycles. The largest absolute Gasteiger partial charge is 0.462 e. The van der Waals surface area contributed by atoms with Gasteiger partial charge in [-0.2, -0.15) is 10.2 Å². The summed E-state index contributed by atoms with van der Waals surface area (Å²) in [5.74, 6) is -0.289. The van der Waals surface area contributed by atoms with Crippen LogP contribution in [0.1, 0.15) is 23.6 Å². The summed E-state index contributed by atoms with van der Waals surface area (Å²) in [5.41, 5.74) is 1.27. The summed E-state index contributed by atoms with van der Waals surface area (Å²) in [7, 11) is 0. The first-order valence-corrected chi connectivity index (χ1v) is 9.00. The van der Waals surface area contributed by atoms with Crippen molar-refractivity contribution in [2.45, 2.75) is 20.8 Å². The van der Waals surface area contributed by atoms with E-state index in [4.69, 9.17) is 9.47 Å². The Bertz CT molecular complexity index is 1220. The quantitative estimate of drug-likeness (QED) is 0.376. The van der Waals surface area contributed by atoms with Gasteiger partial charge in [0.15, 0.2) is 0 Å². The van der Waals surface area contributed by atoms with Gasteiger partial charge in [0.05, 0.1) is 6.61 Å². The fourth-order valence-electron chi connectivity index (χ4n) is 2.76. The van der Waals surface area contributed by atoms with E-state index in [-0.39, 0.29) is 23.6 Å². The second-order valence-electron chi connectivity index (χ2n) is 6.28. The van der Waals surface area contributed by atoms with Crippen LogP contribution in [0.15, 0.2) is 53.0 Å². The first-order valence-electron chi connectivity index (χ1n) is 9.00. The zero-order valence-electron chi connectivity index (χ0n) is 16.3. The van der Waals surface area contributed by atoms with Crippen molar-refractivity contribution in [2.75, 3.05) is 6.61 Å². The van der Waals surface area contributed by atoms with Gasteiger partial charge in [0.1, 0.15) is 28.6 Å². The molecule has 0 aliphatic heterocycles. The summed E-state index contributed by atoms with van der Waals surface area (Å²) < 4.78 is 12.2. The van der Waals surface area contributed by atoms with Crippen molar-refractivity contribution >= 4 is 17.7 Å². The third-order valence-corrected chi connectivity index (χ3v) is 4.25. The maximum absolute atomic E-state index is 13.1. The number of rotatable bonds is 5. The molecule has 0 N–H and O–H groups in total. The number of nitrogens with zero attached hydrogens (tertiary/aromatic N) is 3. The van der Waals surface area contributed by atoms with E-state index in [9.17, 15) is 14.9 Å². The second kappa shape index (κ2) is 8.40. The Morgan fingerprint density at radius 3 is 2.62 bits per heavy atom. The molecular formula is C22H19N3O4. The fourth-order valence-corrected chi connectivity index (χ4v) is 2.76. The van der Waals surface area contributed by atoms with Crippen LogP contribution in [-0.4, -0.2) is 22.0 Å². The van der Waals surface area contributed by atoms with Gasteiger partial charge in [-0.3, -0.25) is 9.20 Å². The smallest absolute Gasteiger partial charge is 0.348 e. The van der Waals surface area contributed by atoms with E-state index in [0.717, 1.165) is 17.2 Å². The summed E-state index contributed by atoms with van der Waals surface area (Å²) in [6.07, 6.45) is 2.73. The predicted molar refractivity (Wildman–Crippen MR) is 108 cm³/mol. The summed E-state index contributed by atoms with van der Waals surface area (Å²) >= 11 is 0. The lowest BCUT2D eigenvalue weighted by molar-refractivity contribution is -0.137. The number of hydrogen-bond donors (Lipinski definition) is 0. The van der Waals surface area contributed by atoms with Gasteiger partial charge >= 0.3 is 5.97 Å². The van der Waals surface area contributed by atoms with Crippen molar-refractivity contribution < 1.29 is 14.3 Å². The van der Waals surface area contributed by atoms with E-state index < -0.39 is 11.5 Å². The normalized spacial score (nSPS) is 11.2. The Kier molecular flexibility index (Phi) is 5.74. The molecule has 0 aliphatic rings. The number of nitriles is 1. The van der Waals surface area contributed by atoms with Crippen LogP contribution in [0.5, 0.6) is 11.6 Å². The highest BCUT2D eigenvalue weighted by molar-refractivity contribution is 5.98. The zero-order chi connectivity index (χ0) is 21.0. The van der Waals surface area contributed by atoms with Gasteiger partial charge in [-0.05, 0) is 50.1 Å². The number of para-hydroxylation sites is 1. The maximum atomic E-state index is 13.1. The van der Waals surface area contributed by atoms with Crippen LogP contribution >= 0.6 is 0 Å². The van der Waals surface area contributed by atoms with Gasteiger partial charge in [-0.15, -0.1) is 0 Å². The SMILES string of the molecule is CCOC(=O)C(C#N)=Cc1c(Oc2ccccc2C)nc2c(C)cccn2c1=O. The van der Waals surface area contributed by atoms with Crippen molar-refractivity contribution in [1.29, 1.82) is 5.26 Å². The maximum Gasteiger partial charge on any atom is 0.348 e. The lowest BCUT2D eigenvalue weighted by Gasteiger charge is -2.12. The minimum absolute atomic E-state index is 0.00986. The Morgan fingerprint density at radius 2 is 1.93 bits per heavy atom. The average Bonchev–Trinajstić information content (AvgIpc) is 2.70. The van der Waals surface area contributed by atoms with Gasteiger partial charge in [0.2, 0.25) is 5.88 Å². The van der Waals surface area contributed by atoms with Crippen LogP contribution in [0.3, 0.4) is 0 Å². The van der Waals surface area contributed by atoms with E-state index in [1.165, 1.54) is 4.40 Å². The molecule has 0 unspecified atom stereocenters. The highest BCUT2D eigenvalue weighted by atomic mass is 16.5. The minimum Gasteiger partial charge on any atom is -0.462 e. The number of hydrogen-bond acceptors (Lipinski definition) is 6. The van der Waals surface area contributed by atoms with E-state index in [2.05, 4.69) is 4.98 Å². The molecule has 0 atom stereocenters. The van der Waals surface area contributed by atoms with Crippen LogP contribution in [-0.2, 0) is 9.53 Å². The third-order valence-electron chi connectivity index (χ3n) is 4.25. The molecular weight excluding hydrogens is 370 g/mol. The monoisotopic (exact) mass is 389 g/mol. The standard InChI is InChI=1S/C22H19N3O4/c1-4-28-22(27)16(13-23)12-17-20(29-18-10-6-5-8-14(18)2)24-19-15(3)9-7-11-25(19)21(17)26/h5-12H,4H2,1-3H3. The molecule has 3 aromatic rings. The van der Waals surface area contributed by atoms with E-state index in [0.29, 0.717) is 11.4 Å². The van der Waals surface area contributed by atoms with Crippen molar-refractivity contribution in [2.24, 2.45) is 0 Å². The highest BCUT2D eigenvalue weighted by Crippen LogP contribution is 2.27. The third kappa shape index (κ3) is 4.01. The minimum atomic E-state index is -0.814. The summed E-state index contributed by atoms with van der Waals surface area (Å²) in [5, 5.41) is 9.37. The van der Waals surface area contributed by atoms with Gasteiger partial charge in [0.25, 0.3) is 5.56 Å². The Labute approximate surface area is 167 Å². The van der Waals surface area contributed by atoms with Crippen molar-refractivity contribution in [3.63, 3.8) is 0 Å². The average molecular weight is 389 g/mol. The number of benzene rings is 1. The van der Waals surface area contributed by atoms with Crippen LogP contribution in [0, 0.1) is 25.2 Å². The van der Waals surface area contributed by atoms with E-state index in [1.54, 1.807) is 37.4 Å². The summed E-state index contributed by atoms with van der Waals surface area (Å²) in [4.78, 5) is 29.7. The first kappa shape index (κ1) is 19.8. The number of carbonyl (C=O) groups is 1. The fraction of sp³-hybridized carbons (Fsp3) is 0.182. The number of esters is 1. The molecule has 0 radical (unpaired) electrons. The number of fused-ring (bicyclic) bond motifs is 1. The Balaban J connectivity index is 2.27. The van der Waals surface area contributed by atoms with Crippen molar-refractivity contribution in [3.05, 3.63) is 75.2 Å². The van der Waals surface area contributed by atoms with Crippen LogP contribution < -0.4 is 10.3 Å². The number of aromatic nitrogens is 2. The molecule has 0 aliphatic carbocycles. The number of pyridine rings is 1. The lowest BCUT2D eigenvalue weighted by Crippen LogP contribution is -2.20. The topological polar surface area (TPSA) is 93.7 Å². The van der Waals surface area contributed by atoms with Gasteiger partial charge in [-0.1, -0.05) is 24.3 Å². The molecule has 2 aromatic heterocycles. The van der Waals surface area contributed by atoms with E-state index in [1.807, 2.05) is 32.0 Å². The van der Waals surface area contributed by atoms with Gasteiger partial charge in [0, 0.05) is 6.20 Å². The van der Waals surface area contributed by atoms with Gasteiger partial charge < -0.3 is 9.47 Å². The molecule has 0 saturated heterocycles. The molecule has 2 heterocycles. The molecule has 0 saturated carbocycles. The Hall–Kier alpha value is -3.92. The number of carbonyl (C=O) groups excluding carboxylic acids is 1. The van der Waals surface area contributed by atoms with Crippen LogP contribution in [0.25, 0.3) is 11.7 Å². The second-order valence-corrected chi connectivity index (χ2v) is 6.28.